The Morgan fingerprint density at radius 2 is 0.923 bits per heavy atom. The lowest BCUT2D eigenvalue weighted by molar-refractivity contribution is -0.302. The number of amides is 1. The Labute approximate surface area is 398 Å². The highest BCUT2D eigenvalue weighted by Crippen LogP contribution is 2.23. The molecule has 1 rings (SSSR count). The Hall–Kier alpha value is -2.11. The minimum Gasteiger partial charge on any atom is -0.394 e. The predicted octanol–water partition coefficient (Wildman–Crippen LogP) is 12.7. The van der Waals surface area contributed by atoms with Gasteiger partial charge in [-0.15, -0.1) is 0 Å². The molecule has 0 aromatic rings. The number of unbranched alkanes of at least 4 members (excludes halogenated alkanes) is 27. The Bertz CT molecular complexity index is 1200. The number of hydrogen-bond donors (Lipinski definition) is 6. The predicted molar refractivity (Wildman–Crippen MR) is 272 cm³/mol. The number of nitrogens with one attached hydrogen (secondary N) is 1. The van der Waals surface area contributed by atoms with Gasteiger partial charge < -0.3 is 40.3 Å². The highest BCUT2D eigenvalue weighted by atomic mass is 16.7. The van der Waals surface area contributed by atoms with Gasteiger partial charge in [0.2, 0.25) is 5.91 Å². The summed E-state index contributed by atoms with van der Waals surface area (Å²) >= 11 is 0. The lowest BCUT2D eigenvalue weighted by Gasteiger charge is -2.40. The molecule has 0 saturated carbocycles. The van der Waals surface area contributed by atoms with E-state index in [1.54, 1.807) is 6.08 Å². The summed E-state index contributed by atoms with van der Waals surface area (Å²) in [7, 11) is 0. The maximum atomic E-state index is 13.0. The van der Waals surface area contributed by atoms with Crippen LogP contribution in [0.15, 0.2) is 60.8 Å². The first-order valence-electron chi connectivity index (χ1n) is 27.0. The van der Waals surface area contributed by atoms with E-state index in [0.717, 1.165) is 70.6 Å². The average Bonchev–Trinajstić information content (AvgIpc) is 3.31. The summed E-state index contributed by atoms with van der Waals surface area (Å²) in [6.07, 6.45) is 54.3. The van der Waals surface area contributed by atoms with Crippen LogP contribution in [-0.4, -0.2) is 87.5 Å². The molecule has 9 nitrogen and oxygen atoms in total. The molecule has 1 heterocycles. The Kier molecular flexibility index (Phi) is 42.8. The quantitative estimate of drug-likeness (QED) is 0.0261. The number of allylic oxidation sites excluding steroid dienone is 9. The third-order valence-corrected chi connectivity index (χ3v) is 12.5. The molecule has 9 heteroatoms. The van der Waals surface area contributed by atoms with Crippen molar-refractivity contribution in [2.75, 3.05) is 13.2 Å². The first-order valence-corrected chi connectivity index (χ1v) is 27.0. The highest BCUT2D eigenvalue weighted by molar-refractivity contribution is 5.76. The Morgan fingerprint density at radius 1 is 0.523 bits per heavy atom. The van der Waals surface area contributed by atoms with Crippen LogP contribution in [0.5, 0.6) is 0 Å². The summed E-state index contributed by atoms with van der Waals surface area (Å²) < 4.78 is 11.2. The average molecular weight is 916 g/mol. The molecule has 7 atom stereocenters. The molecule has 65 heavy (non-hydrogen) atoms. The maximum absolute atomic E-state index is 13.0. The van der Waals surface area contributed by atoms with Gasteiger partial charge in [0.05, 0.1) is 25.4 Å². The zero-order chi connectivity index (χ0) is 47.3. The van der Waals surface area contributed by atoms with Crippen molar-refractivity contribution in [3.63, 3.8) is 0 Å². The fourth-order valence-corrected chi connectivity index (χ4v) is 8.22. The smallest absolute Gasteiger partial charge is 0.220 e. The minimum atomic E-state index is -1.58. The van der Waals surface area contributed by atoms with Crippen LogP contribution in [0.3, 0.4) is 0 Å². The summed E-state index contributed by atoms with van der Waals surface area (Å²) in [5, 5.41) is 54.3. The fourth-order valence-electron chi connectivity index (χ4n) is 8.22. The van der Waals surface area contributed by atoms with Gasteiger partial charge in [-0.25, -0.2) is 0 Å². The van der Waals surface area contributed by atoms with Crippen LogP contribution in [0.2, 0.25) is 0 Å². The number of aliphatic hydroxyl groups excluding tert-OH is 5. The van der Waals surface area contributed by atoms with Gasteiger partial charge in [0, 0.05) is 6.42 Å². The minimum absolute atomic E-state index is 0.205. The van der Waals surface area contributed by atoms with Crippen molar-refractivity contribution in [1.82, 2.24) is 5.32 Å². The van der Waals surface area contributed by atoms with Crippen LogP contribution >= 0.6 is 0 Å². The zero-order valence-corrected chi connectivity index (χ0v) is 41.7. The molecule has 0 spiro atoms. The molecule has 1 amide bonds. The van der Waals surface area contributed by atoms with E-state index in [2.05, 4.69) is 67.8 Å². The van der Waals surface area contributed by atoms with Crippen LogP contribution in [0, 0.1) is 0 Å². The maximum Gasteiger partial charge on any atom is 0.220 e. The number of aliphatic hydroxyl groups is 5. The van der Waals surface area contributed by atoms with Gasteiger partial charge in [0.25, 0.3) is 0 Å². The molecule has 1 fully saturated rings. The number of carbonyl (C=O) groups is 1. The highest BCUT2D eigenvalue weighted by Gasteiger charge is 2.44. The van der Waals surface area contributed by atoms with Gasteiger partial charge in [-0.05, 0) is 77.0 Å². The Balaban J connectivity index is 2.30. The van der Waals surface area contributed by atoms with Crippen molar-refractivity contribution < 1.29 is 39.8 Å². The van der Waals surface area contributed by atoms with Crippen LogP contribution in [-0.2, 0) is 14.3 Å². The molecular weight excluding hydrogens is 815 g/mol. The van der Waals surface area contributed by atoms with E-state index < -0.39 is 49.5 Å². The van der Waals surface area contributed by atoms with E-state index in [4.69, 9.17) is 9.47 Å². The summed E-state index contributed by atoms with van der Waals surface area (Å²) in [5.41, 5.74) is 0. The van der Waals surface area contributed by atoms with Crippen LogP contribution in [0.25, 0.3) is 0 Å². The normalized spacial score (nSPS) is 20.4. The lowest BCUT2D eigenvalue weighted by atomic mass is 9.99. The molecule has 0 aliphatic carbocycles. The van der Waals surface area contributed by atoms with Crippen molar-refractivity contribution in [2.45, 2.75) is 275 Å². The fraction of sp³-hybridized carbons (Fsp3) is 0.804. The Morgan fingerprint density at radius 3 is 1.40 bits per heavy atom. The van der Waals surface area contributed by atoms with E-state index in [0.29, 0.717) is 6.42 Å². The molecule has 378 valence electrons. The number of hydrogen-bond acceptors (Lipinski definition) is 8. The number of ether oxygens (including phenoxy) is 2. The lowest BCUT2D eigenvalue weighted by Crippen LogP contribution is -2.60. The SMILES string of the molecule is CCCCCC/C=C\C/C=C\CCCCCCCC(=O)NC(COC1OC(CO)C(O)C(O)C1O)C(O)/C=C/CC/C=C/CC/C=C/CCCCCCCCCCCCCCCCCC. The molecule has 0 aromatic carbocycles. The van der Waals surface area contributed by atoms with Gasteiger partial charge in [0.15, 0.2) is 6.29 Å². The second-order valence-corrected chi connectivity index (χ2v) is 18.6. The molecule has 0 aromatic heterocycles. The van der Waals surface area contributed by atoms with Crippen molar-refractivity contribution >= 4 is 5.91 Å². The van der Waals surface area contributed by atoms with Crippen LogP contribution in [0.1, 0.15) is 232 Å². The van der Waals surface area contributed by atoms with Gasteiger partial charge >= 0.3 is 0 Å². The molecule has 0 bridgehead atoms. The summed E-state index contributed by atoms with van der Waals surface area (Å²) in [4.78, 5) is 13.0. The first kappa shape index (κ1) is 60.9. The van der Waals surface area contributed by atoms with E-state index in [9.17, 15) is 30.3 Å². The molecule has 0 radical (unpaired) electrons. The van der Waals surface area contributed by atoms with E-state index in [1.807, 2.05) is 6.08 Å². The van der Waals surface area contributed by atoms with Gasteiger partial charge in [-0.1, -0.05) is 209 Å². The van der Waals surface area contributed by atoms with Gasteiger partial charge in [-0.2, -0.15) is 0 Å². The van der Waals surface area contributed by atoms with Crippen molar-refractivity contribution in [1.29, 1.82) is 0 Å². The number of rotatable bonds is 45. The number of carbonyl (C=O) groups excluding carboxylic acids is 1. The van der Waals surface area contributed by atoms with E-state index in [-0.39, 0.29) is 12.5 Å². The van der Waals surface area contributed by atoms with Crippen LogP contribution < -0.4 is 5.32 Å². The van der Waals surface area contributed by atoms with E-state index in [1.165, 1.54) is 141 Å². The third kappa shape index (κ3) is 35.7. The third-order valence-electron chi connectivity index (χ3n) is 12.5. The topological polar surface area (TPSA) is 149 Å². The standard InChI is InChI=1S/C56H101NO8/c1-3-5-7-9-11-13-15-17-19-21-22-23-24-25-26-27-28-29-30-31-33-35-37-39-41-43-45-50(59)49(48-64-56-55(63)54(62)53(61)51(47-58)65-56)57-52(60)46-44-42-40-38-36-34-32-20-18-16-14-12-10-8-6-4-2/h14,16,20,29-30,32,35,37,43,45,49-51,53-56,58-59,61-63H,3-13,15,17-19,21-28,31,33-34,36,38-42,44,46-48H2,1-2H3,(H,57,60)/b16-14-,30-29+,32-20-,37-35+,45-43+. The second-order valence-electron chi connectivity index (χ2n) is 18.6. The molecule has 1 aliphatic heterocycles. The van der Waals surface area contributed by atoms with Crippen molar-refractivity contribution in [3.05, 3.63) is 60.8 Å². The molecule has 1 saturated heterocycles. The largest absolute Gasteiger partial charge is 0.394 e. The summed E-state index contributed by atoms with van der Waals surface area (Å²) in [6, 6.07) is -0.838. The van der Waals surface area contributed by atoms with E-state index >= 15 is 0 Å². The van der Waals surface area contributed by atoms with Crippen molar-refractivity contribution in [2.24, 2.45) is 0 Å². The van der Waals surface area contributed by atoms with Crippen molar-refractivity contribution in [3.8, 4) is 0 Å². The summed E-state index contributed by atoms with van der Waals surface area (Å²) in [5.74, 6) is -0.205. The molecule has 7 unspecified atom stereocenters. The monoisotopic (exact) mass is 916 g/mol. The van der Waals surface area contributed by atoms with Crippen LogP contribution in [0.4, 0.5) is 0 Å². The summed E-state index contributed by atoms with van der Waals surface area (Å²) in [6.45, 7) is 3.74. The molecule has 1 aliphatic rings. The second kappa shape index (κ2) is 45.7. The molecule has 6 N–H and O–H groups in total. The van der Waals surface area contributed by atoms with Gasteiger partial charge in [-0.3, -0.25) is 4.79 Å². The first-order chi connectivity index (χ1) is 31.8. The van der Waals surface area contributed by atoms with Gasteiger partial charge in [0.1, 0.15) is 24.4 Å². The molecular formula is C56H101NO8. The zero-order valence-electron chi connectivity index (χ0n) is 41.7.